The van der Waals surface area contributed by atoms with Gasteiger partial charge in [-0.3, -0.25) is 25.5 Å². The molecule has 2 aromatic carbocycles. The molecule has 0 aliphatic carbocycles. The van der Waals surface area contributed by atoms with Crippen molar-refractivity contribution in [3.05, 3.63) is 91.2 Å². The molecule has 0 saturated carbocycles. The second-order valence-electron chi connectivity index (χ2n) is 6.64. The first-order valence-corrected chi connectivity index (χ1v) is 9.21. The van der Waals surface area contributed by atoms with Gasteiger partial charge in [-0.15, -0.1) is 0 Å². The van der Waals surface area contributed by atoms with Gasteiger partial charge in [0.1, 0.15) is 6.17 Å². The summed E-state index contributed by atoms with van der Waals surface area (Å²) in [4.78, 5) is 34.0. The average Bonchev–Trinajstić information content (AvgIpc) is 2.73. The maximum atomic E-state index is 12.6. The Kier molecular flexibility index (Phi) is 6.07. The molecule has 2 N–H and O–H groups in total. The van der Waals surface area contributed by atoms with Crippen molar-refractivity contribution in [2.24, 2.45) is 0 Å². The van der Waals surface area contributed by atoms with Gasteiger partial charge in [-0.1, -0.05) is 24.3 Å². The van der Waals surface area contributed by atoms with E-state index in [1.165, 1.54) is 30.3 Å². The van der Waals surface area contributed by atoms with Crippen molar-refractivity contribution in [2.45, 2.75) is 26.1 Å². The fourth-order valence-corrected chi connectivity index (χ4v) is 3.36. The van der Waals surface area contributed by atoms with Crippen molar-refractivity contribution in [2.75, 3.05) is 6.61 Å². The summed E-state index contributed by atoms with van der Waals surface area (Å²) in [5.41, 5.74) is 1.71. The molecular weight excluding hydrogens is 392 g/mol. The lowest BCUT2D eigenvalue weighted by Crippen LogP contribution is -2.44. The molecule has 1 aliphatic heterocycles. The number of hydrogen-bond donors (Lipinski definition) is 2. The molecule has 1 heterocycles. The maximum absolute atomic E-state index is 12.6. The molecular formula is C20H20N4O6. The molecule has 0 spiro atoms. The highest BCUT2D eigenvalue weighted by Gasteiger charge is 2.34. The van der Waals surface area contributed by atoms with E-state index in [1.54, 1.807) is 32.0 Å². The Hall–Kier alpha value is -3.79. The van der Waals surface area contributed by atoms with Crippen LogP contribution in [0.3, 0.4) is 0 Å². The lowest BCUT2D eigenvalue weighted by molar-refractivity contribution is -0.385. The van der Waals surface area contributed by atoms with Crippen LogP contribution in [0.1, 0.15) is 37.2 Å². The van der Waals surface area contributed by atoms with E-state index in [9.17, 15) is 25.0 Å². The maximum Gasteiger partial charge on any atom is 0.337 e. The predicted molar refractivity (Wildman–Crippen MR) is 107 cm³/mol. The third-order valence-electron chi connectivity index (χ3n) is 4.71. The summed E-state index contributed by atoms with van der Waals surface area (Å²) in [6.07, 6.45) is -0.563. The van der Waals surface area contributed by atoms with Gasteiger partial charge in [0.25, 0.3) is 11.4 Å². The summed E-state index contributed by atoms with van der Waals surface area (Å²) >= 11 is 0. The van der Waals surface area contributed by atoms with Crippen LogP contribution >= 0.6 is 0 Å². The Morgan fingerprint density at radius 3 is 2.17 bits per heavy atom. The smallest absolute Gasteiger partial charge is 0.337 e. The van der Waals surface area contributed by atoms with Gasteiger partial charge in [0, 0.05) is 30.0 Å². The molecule has 0 bridgehead atoms. The molecule has 2 atom stereocenters. The lowest BCUT2D eigenvalue weighted by atomic mass is 9.93. The zero-order valence-corrected chi connectivity index (χ0v) is 16.3. The molecule has 0 saturated heterocycles. The van der Waals surface area contributed by atoms with Crippen molar-refractivity contribution < 1.29 is 19.4 Å². The number of esters is 1. The van der Waals surface area contributed by atoms with E-state index < -0.39 is 28.0 Å². The first kappa shape index (κ1) is 20.9. The molecule has 1 aliphatic rings. The van der Waals surface area contributed by atoms with Crippen LogP contribution < -0.4 is 10.6 Å². The minimum atomic E-state index is -0.713. The fourth-order valence-electron chi connectivity index (χ4n) is 3.36. The Labute approximate surface area is 171 Å². The van der Waals surface area contributed by atoms with E-state index in [4.69, 9.17) is 4.74 Å². The summed E-state index contributed by atoms with van der Waals surface area (Å²) in [6.45, 7) is 3.55. The van der Waals surface area contributed by atoms with Crippen molar-refractivity contribution in [1.29, 1.82) is 0 Å². The molecule has 0 unspecified atom stereocenters. The number of benzene rings is 2. The lowest BCUT2D eigenvalue weighted by Gasteiger charge is -2.35. The molecule has 30 heavy (non-hydrogen) atoms. The molecule has 3 rings (SSSR count). The largest absolute Gasteiger partial charge is 0.463 e. The molecule has 0 fully saturated rings. The number of carbonyl (C=O) groups excluding carboxylic acids is 1. The number of non-ortho nitro benzene ring substituents is 2. The first-order valence-electron chi connectivity index (χ1n) is 9.21. The topological polar surface area (TPSA) is 137 Å². The number of ether oxygens (including phenoxy) is 1. The zero-order valence-electron chi connectivity index (χ0n) is 16.3. The minimum absolute atomic E-state index is 0.0687. The van der Waals surface area contributed by atoms with Crippen molar-refractivity contribution in [1.82, 2.24) is 10.6 Å². The molecule has 0 radical (unpaired) electrons. The summed E-state index contributed by atoms with van der Waals surface area (Å²) in [6, 6.07) is 11.3. The number of rotatable bonds is 6. The first-order chi connectivity index (χ1) is 14.3. The number of nitrogens with one attached hydrogen (secondary N) is 2. The Morgan fingerprint density at radius 2 is 1.60 bits per heavy atom. The summed E-state index contributed by atoms with van der Waals surface area (Å²) in [5, 5.41) is 28.7. The van der Waals surface area contributed by atoms with Crippen LogP contribution in [0, 0.1) is 20.2 Å². The fraction of sp³-hybridized carbons (Fsp3) is 0.250. The predicted octanol–water partition coefficient (Wildman–Crippen LogP) is 3.27. The van der Waals surface area contributed by atoms with Gasteiger partial charge in [-0.05, 0) is 25.0 Å². The Balaban J connectivity index is 2.06. The molecule has 2 aromatic rings. The third-order valence-corrected chi connectivity index (χ3v) is 4.71. The van der Waals surface area contributed by atoms with Crippen LogP contribution in [-0.4, -0.2) is 22.4 Å². The van der Waals surface area contributed by atoms with Crippen LogP contribution in [0.4, 0.5) is 11.4 Å². The van der Waals surface area contributed by atoms with E-state index in [-0.39, 0.29) is 18.0 Å². The average molecular weight is 412 g/mol. The number of nitro groups is 2. The van der Waals surface area contributed by atoms with Crippen LogP contribution in [-0.2, 0) is 9.53 Å². The van der Waals surface area contributed by atoms with Crippen molar-refractivity contribution in [3.8, 4) is 0 Å². The van der Waals surface area contributed by atoms with E-state index in [0.717, 1.165) is 0 Å². The molecule has 10 nitrogen and oxygen atoms in total. The normalized spacial score (nSPS) is 18.5. The van der Waals surface area contributed by atoms with Crippen LogP contribution in [0.25, 0.3) is 0 Å². The molecule has 10 heteroatoms. The van der Waals surface area contributed by atoms with Gasteiger partial charge in [0.2, 0.25) is 0 Å². The van der Waals surface area contributed by atoms with Gasteiger partial charge in [0.05, 0.1) is 28.1 Å². The van der Waals surface area contributed by atoms with E-state index in [2.05, 4.69) is 10.6 Å². The third kappa shape index (κ3) is 4.28. The number of nitrogens with zero attached hydrogens (tertiary/aromatic N) is 2. The van der Waals surface area contributed by atoms with Crippen molar-refractivity contribution >= 4 is 17.3 Å². The summed E-state index contributed by atoms with van der Waals surface area (Å²) < 4.78 is 5.17. The highest BCUT2D eigenvalue weighted by Crippen LogP contribution is 2.34. The number of allylic oxidation sites excluding steroid dienone is 1. The molecule has 156 valence electrons. The monoisotopic (exact) mass is 412 g/mol. The minimum Gasteiger partial charge on any atom is -0.463 e. The highest BCUT2D eigenvalue weighted by molar-refractivity contribution is 5.91. The number of carbonyl (C=O) groups is 1. The van der Waals surface area contributed by atoms with E-state index >= 15 is 0 Å². The van der Waals surface area contributed by atoms with Gasteiger partial charge in [-0.2, -0.15) is 0 Å². The Bertz CT molecular complexity index is 1040. The summed E-state index contributed by atoms with van der Waals surface area (Å²) in [7, 11) is 0. The second-order valence-corrected chi connectivity index (χ2v) is 6.64. The number of hydrogen-bond acceptors (Lipinski definition) is 8. The molecule has 0 aromatic heterocycles. The highest BCUT2D eigenvalue weighted by atomic mass is 16.6. The van der Waals surface area contributed by atoms with Gasteiger partial charge in [-0.25, -0.2) is 4.79 Å². The number of nitro benzene ring substituents is 2. The van der Waals surface area contributed by atoms with Gasteiger partial charge < -0.3 is 10.1 Å². The van der Waals surface area contributed by atoms with Crippen LogP contribution in [0.2, 0.25) is 0 Å². The quantitative estimate of drug-likeness (QED) is 0.419. The molecule has 0 amide bonds. The zero-order chi connectivity index (χ0) is 21.8. The van der Waals surface area contributed by atoms with E-state index in [1.807, 2.05) is 0 Å². The SMILES string of the molecule is CCOC(=O)C1=C(C)N[C@@H](c2cccc([N+](=O)[O-])c2)N[C@H]1c1cccc([N+](=O)[O-])c1. The van der Waals surface area contributed by atoms with Crippen LogP contribution in [0.5, 0.6) is 0 Å². The van der Waals surface area contributed by atoms with Crippen LogP contribution in [0.15, 0.2) is 59.8 Å². The standard InChI is InChI=1S/C20H20N4O6/c1-3-30-20(25)17-12(2)21-19(14-7-5-9-16(11-14)24(28)29)22-18(17)13-6-4-8-15(10-13)23(26)27/h4-11,18-19,21-22H,3H2,1-2H3/t18-,19+/m0/s1. The van der Waals surface area contributed by atoms with E-state index in [0.29, 0.717) is 22.4 Å². The summed E-state index contributed by atoms with van der Waals surface area (Å²) in [5.74, 6) is -0.552. The van der Waals surface area contributed by atoms with Crippen molar-refractivity contribution in [3.63, 3.8) is 0 Å². The Morgan fingerprint density at radius 1 is 1.03 bits per heavy atom. The van der Waals surface area contributed by atoms with Gasteiger partial charge >= 0.3 is 5.97 Å². The second kappa shape index (κ2) is 8.70. The van der Waals surface area contributed by atoms with Gasteiger partial charge in [0.15, 0.2) is 0 Å².